The third-order valence-corrected chi connectivity index (χ3v) is 4.79. The zero-order chi connectivity index (χ0) is 19.8. The monoisotopic (exact) mass is 508 g/mol. The molecule has 1 amide bonds. The van der Waals surface area contributed by atoms with Gasteiger partial charge >= 0.3 is 0 Å². The highest BCUT2D eigenvalue weighted by atomic mass is 127. The molecule has 2 aromatic rings. The SMILES string of the molecule is CCNC(=NCc1cccc(OC)c1)NCC(=O)N1CCc2ccccc2C1.I. The van der Waals surface area contributed by atoms with Crippen LogP contribution in [0.4, 0.5) is 0 Å². The van der Waals surface area contributed by atoms with Crippen LogP contribution in [0.25, 0.3) is 0 Å². The quantitative estimate of drug-likeness (QED) is 0.358. The lowest BCUT2D eigenvalue weighted by atomic mass is 10.00. The van der Waals surface area contributed by atoms with Gasteiger partial charge in [0.1, 0.15) is 5.75 Å². The first-order chi connectivity index (χ1) is 13.7. The van der Waals surface area contributed by atoms with Crippen LogP contribution in [0.15, 0.2) is 53.5 Å². The number of rotatable bonds is 6. The molecule has 0 fully saturated rings. The number of carbonyl (C=O) groups excluding carboxylic acids is 1. The van der Waals surface area contributed by atoms with Crippen molar-refractivity contribution >= 4 is 35.8 Å². The van der Waals surface area contributed by atoms with Gasteiger partial charge in [-0.2, -0.15) is 0 Å². The summed E-state index contributed by atoms with van der Waals surface area (Å²) in [6.45, 7) is 4.91. The lowest BCUT2D eigenvalue weighted by molar-refractivity contribution is -0.130. The van der Waals surface area contributed by atoms with Gasteiger partial charge in [0.25, 0.3) is 0 Å². The number of fused-ring (bicyclic) bond motifs is 1. The average molecular weight is 508 g/mol. The Bertz CT molecular complexity index is 841. The molecule has 156 valence electrons. The molecule has 0 radical (unpaired) electrons. The number of guanidine groups is 1. The Morgan fingerprint density at radius 1 is 1.14 bits per heavy atom. The van der Waals surface area contributed by atoms with E-state index in [0.717, 1.165) is 30.8 Å². The van der Waals surface area contributed by atoms with Gasteiger partial charge in [0.2, 0.25) is 5.91 Å². The average Bonchev–Trinajstić information content (AvgIpc) is 2.75. The van der Waals surface area contributed by atoms with Gasteiger partial charge in [-0.1, -0.05) is 36.4 Å². The van der Waals surface area contributed by atoms with Crippen molar-refractivity contribution in [2.45, 2.75) is 26.4 Å². The van der Waals surface area contributed by atoms with Gasteiger partial charge in [0, 0.05) is 19.6 Å². The van der Waals surface area contributed by atoms with Crippen molar-refractivity contribution in [1.29, 1.82) is 0 Å². The van der Waals surface area contributed by atoms with Crippen LogP contribution in [0.3, 0.4) is 0 Å². The largest absolute Gasteiger partial charge is 0.497 e. The Morgan fingerprint density at radius 3 is 2.69 bits per heavy atom. The van der Waals surface area contributed by atoms with Gasteiger partial charge < -0.3 is 20.3 Å². The van der Waals surface area contributed by atoms with Crippen molar-refractivity contribution in [1.82, 2.24) is 15.5 Å². The topological polar surface area (TPSA) is 66.0 Å². The van der Waals surface area contributed by atoms with E-state index in [-0.39, 0.29) is 36.4 Å². The Hall–Kier alpha value is -2.29. The predicted molar refractivity (Wildman–Crippen MR) is 127 cm³/mol. The molecule has 0 unspecified atom stereocenters. The third-order valence-electron chi connectivity index (χ3n) is 4.79. The van der Waals surface area contributed by atoms with Crippen molar-refractivity contribution in [2.75, 3.05) is 26.7 Å². The summed E-state index contributed by atoms with van der Waals surface area (Å²) in [6, 6.07) is 16.1. The van der Waals surface area contributed by atoms with Gasteiger partial charge in [-0.3, -0.25) is 4.79 Å². The van der Waals surface area contributed by atoms with E-state index < -0.39 is 0 Å². The molecular weight excluding hydrogens is 479 g/mol. The van der Waals surface area contributed by atoms with Crippen LogP contribution in [-0.4, -0.2) is 43.5 Å². The smallest absolute Gasteiger partial charge is 0.242 e. The highest BCUT2D eigenvalue weighted by Crippen LogP contribution is 2.18. The van der Waals surface area contributed by atoms with Crippen molar-refractivity contribution in [3.63, 3.8) is 0 Å². The summed E-state index contributed by atoms with van der Waals surface area (Å²) in [7, 11) is 1.65. The molecule has 0 saturated carbocycles. The Kier molecular flexibility index (Phi) is 9.24. The van der Waals surface area contributed by atoms with Crippen LogP contribution in [0.5, 0.6) is 5.75 Å². The minimum atomic E-state index is 0. The molecule has 2 aromatic carbocycles. The summed E-state index contributed by atoms with van der Waals surface area (Å²) in [5.74, 6) is 1.53. The zero-order valence-electron chi connectivity index (χ0n) is 17.0. The number of ether oxygens (including phenoxy) is 1. The molecular formula is C22H29IN4O2. The van der Waals surface area contributed by atoms with Crippen molar-refractivity contribution in [3.8, 4) is 5.75 Å². The lowest BCUT2D eigenvalue weighted by Gasteiger charge is -2.29. The van der Waals surface area contributed by atoms with Gasteiger partial charge in [0.15, 0.2) is 5.96 Å². The molecule has 1 aliphatic rings. The number of amides is 1. The summed E-state index contributed by atoms with van der Waals surface area (Å²) in [4.78, 5) is 19.1. The fraction of sp³-hybridized carbons (Fsp3) is 0.364. The van der Waals surface area contributed by atoms with Crippen LogP contribution in [0.1, 0.15) is 23.6 Å². The maximum absolute atomic E-state index is 12.6. The Labute approximate surface area is 189 Å². The van der Waals surface area contributed by atoms with Crippen LogP contribution in [0, 0.1) is 0 Å². The van der Waals surface area contributed by atoms with Gasteiger partial charge in [-0.15, -0.1) is 24.0 Å². The molecule has 0 bridgehead atoms. The fourth-order valence-corrected chi connectivity index (χ4v) is 3.26. The van der Waals surface area contributed by atoms with Gasteiger partial charge in [-0.25, -0.2) is 4.99 Å². The second-order valence-corrected chi connectivity index (χ2v) is 6.73. The van der Waals surface area contributed by atoms with E-state index in [1.165, 1.54) is 11.1 Å². The Balaban J connectivity index is 0.00000300. The van der Waals surface area contributed by atoms with E-state index >= 15 is 0 Å². The number of aliphatic imine (C=N–C) groups is 1. The molecule has 0 atom stereocenters. The molecule has 29 heavy (non-hydrogen) atoms. The summed E-state index contributed by atoms with van der Waals surface area (Å²) in [5, 5.41) is 6.35. The number of carbonyl (C=O) groups is 1. The first-order valence-electron chi connectivity index (χ1n) is 9.69. The second kappa shape index (κ2) is 11.6. The first-order valence-corrected chi connectivity index (χ1v) is 9.69. The molecule has 0 aromatic heterocycles. The third kappa shape index (κ3) is 6.62. The normalized spacial score (nSPS) is 13.2. The number of benzene rings is 2. The summed E-state index contributed by atoms with van der Waals surface area (Å²) in [6.07, 6.45) is 0.909. The van der Waals surface area contributed by atoms with E-state index in [1.807, 2.05) is 42.2 Å². The van der Waals surface area contributed by atoms with Gasteiger partial charge in [0.05, 0.1) is 20.2 Å². The number of halogens is 1. The number of methoxy groups -OCH3 is 1. The number of hydrogen-bond acceptors (Lipinski definition) is 3. The molecule has 0 aliphatic carbocycles. The molecule has 0 spiro atoms. The second-order valence-electron chi connectivity index (χ2n) is 6.73. The van der Waals surface area contributed by atoms with Gasteiger partial charge in [-0.05, 0) is 42.2 Å². The molecule has 1 heterocycles. The maximum atomic E-state index is 12.6. The van der Waals surface area contributed by atoms with Crippen molar-refractivity contribution in [3.05, 3.63) is 65.2 Å². The minimum absolute atomic E-state index is 0. The number of nitrogens with one attached hydrogen (secondary N) is 2. The predicted octanol–water partition coefficient (Wildman–Crippen LogP) is 2.95. The summed E-state index contributed by atoms with van der Waals surface area (Å²) >= 11 is 0. The van der Waals surface area contributed by atoms with Crippen LogP contribution < -0.4 is 15.4 Å². The highest BCUT2D eigenvalue weighted by Gasteiger charge is 2.20. The highest BCUT2D eigenvalue weighted by molar-refractivity contribution is 14.0. The first kappa shape index (κ1) is 23.0. The summed E-state index contributed by atoms with van der Waals surface area (Å²) in [5.41, 5.74) is 3.63. The fourth-order valence-electron chi connectivity index (χ4n) is 3.26. The molecule has 3 rings (SSSR count). The van der Waals surface area contributed by atoms with E-state index in [2.05, 4.69) is 33.8 Å². The van der Waals surface area contributed by atoms with Crippen molar-refractivity contribution in [2.24, 2.45) is 4.99 Å². The maximum Gasteiger partial charge on any atom is 0.242 e. The number of nitrogens with zero attached hydrogens (tertiary/aromatic N) is 2. The molecule has 2 N–H and O–H groups in total. The van der Waals surface area contributed by atoms with E-state index in [0.29, 0.717) is 19.0 Å². The molecule has 6 nitrogen and oxygen atoms in total. The van der Waals surface area contributed by atoms with E-state index in [9.17, 15) is 4.79 Å². The standard InChI is InChI=1S/C22H28N4O2.HI/c1-3-23-22(24-14-17-7-6-10-20(13-17)28-2)25-15-21(27)26-12-11-18-8-4-5-9-19(18)16-26;/h4-10,13H,3,11-12,14-16H2,1-2H3,(H2,23,24,25);1H. The zero-order valence-corrected chi connectivity index (χ0v) is 19.3. The minimum Gasteiger partial charge on any atom is -0.497 e. The van der Waals surface area contributed by atoms with Crippen LogP contribution in [-0.2, 0) is 24.3 Å². The molecule has 7 heteroatoms. The molecule has 1 aliphatic heterocycles. The van der Waals surface area contributed by atoms with Crippen molar-refractivity contribution < 1.29 is 9.53 Å². The Morgan fingerprint density at radius 2 is 1.93 bits per heavy atom. The lowest BCUT2D eigenvalue weighted by Crippen LogP contribution is -2.45. The van der Waals surface area contributed by atoms with E-state index in [1.54, 1.807) is 7.11 Å². The van der Waals surface area contributed by atoms with Crippen LogP contribution >= 0.6 is 24.0 Å². The summed E-state index contributed by atoms with van der Waals surface area (Å²) < 4.78 is 5.25. The van der Waals surface area contributed by atoms with Crippen LogP contribution in [0.2, 0.25) is 0 Å². The van der Waals surface area contributed by atoms with E-state index in [4.69, 9.17) is 4.74 Å². The number of hydrogen-bond donors (Lipinski definition) is 2. The molecule has 0 saturated heterocycles.